The molecule has 0 aromatic heterocycles. The van der Waals surface area contributed by atoms with Gasteiger partial charge >= 0.3 is 0 Å². The molecule has 1 unspecified atom stereocenters. The molecule has 1 heterocycles. The first-order chi connectivity index (χ1) is 11.0. The van der Waals surface area contributed by atoms with E-state index in [9.17, 15) is 9.59 Å². The number of hydrogen-bond donors (Lipinski definition) is 2. The first-order valence-corrected chi connectivity index (χ1v) is 8.45. The molecular weight excluding hydrogens is 337 g/mol. The molecule has 2 N–H and O–H groups in total. The van der Waals surface area contributed by atoms with Gasteiger partial charge in [-0.1, -0.05) is 23.2 Å². The minimum Gasteiger partial charge on any atom is -0.355 e. The van der Waals surface area contributed by atoms with Crippen molar-refractivity contribution in [3.05, 3.63) is 33.8 Å². The largest absolute Gasteiger partial charge is 0.355 e. The molecule has 2 amide bonds. The molecular formula is C16H21Cl2N3O2. The fourth-order valence-corrected chi connectivity index (χ4v) is 2.94. The summed E-state index contributed by atoms with van der Waals surface area (Å²) in [5, 5.41) is 6.65. The van der Waals surface area contributed by atoms with Gasteiger partial charge < -0.3 is 15.5 Å². The number of carbonyl (C=O) groups excluding carboxylic acids is 2. The van der Waals surface area contributed by atoms with E-state index in [0.29, 0.717) is 35.2 Å². The molecule has 23 heavy (non-hydrogen) atoms. The lowest BCUT2D eigenvalue weighted by Gasteiger charge is -2.32. The van der Waals surface area contributed by atoms with Gasteiger partial charge in [0.15, 0.2) is 0 Å². The molecule has 1 fully saturated rings. The van der Waals surface area contributed by atoms with E-state index in [4.69, 9.17) is 23.2 Å². The van der Waals surface area contributed by atoms with E-state index in [2.05, 4.69) is 10.6 Å². The number of amides is 2. The summed E-state index contributed by atoms with van der Waals surface area (Å²) in [7, 11) is 1.84. The number of likely N-dealkylation sites (N-methyl/N-ethyl adjacent to an activating group) is 1. The van der Waals surface area contributed by atoms with Crippen LogP contribution in [0.4, 0.5) is 0 Å². The van der Waals surface area contributed by atoms with Crippen LogP contribution in [0.3, 0.4) is 0 Å². The van der Waals surface area contributed by atoms with Crippen LogP contribution in [0.25, 0.3) is 0 Å². The number of nitrogens with one attached hydrogen (secondary N) is 2. The van der Waals surface area contributed by atoms with E-state index < -0.39 is 0 Å². The van der Waals surface area contributed by atoms with Crippen LogP contribution in [0.1, 0.15) is 23.2 Å². The van der Waals surface area contributed by atoms with Gasteiger partial charge in [0.25, 0.3) is 5.91 Å². The maximum Gasteiger partial charge on any atom is 0.253 e. The van der Waals surface area contributed by atoms with E-state index in [-0.39, 0.29) is 17.7 Å². The monoisotopic (exact) mass is 357 g/mol. The third-order valence-electron chi connectivity index (χ3n) is 3.92. The maximum atomic E-state index is 12.6. The fraction of sp³-hybridized carbons (Fsp3) is 0.500. The molecule has 1 aliphatic heterocycles. The highest BCUT2D eigenvalue weighted by Gasteiger charge is 2.28. The fourth-order valence-electron chi connectivity index (χ4n) is 2.64. The van der Waals surface area contributed by atoms with E-state index in [1.807, 2.05) is 7.05 Å². The summed E-state index contributed by atoms with van der Waals surface area (Å²) in [6.07, 6.45) is 1.62. The molecule has 1 saturated heterocycles. The Morgan fingerprint density at radius 2 is 2.04 bits per heavy atom. The summed E-state index contributed by atoms with van der Waals surface area (Å²) >= 11 is 11.9. The summed E-state index contributed by atoms with van der Waals surface area (Å²) in [4.78, 5) is 26.4. The summed E-state index contributed by atoms with van der Waals surface area (Å²) in [6, 6.07) is 4.85. The van der Waals surface area contributed by atoms with E-state index >= 15 is 0 Å². The number of halogens is 2. The van der Waals surface area contributed by atoms with Crippen molar-refractivity contribution in [3.8, 4) is 0 Å². The van der Waals surface area contributed by atoms with Crippen LogP contribution in [0.15, 0.2) is 18.2 Å². The maximum absolute atomic E-state index is 12.6. The van der Waals surface area contributed by atoms with Crippen molar-refractivity contribution < 1.29 is 9.59 Å². The minimum atomic E-state index is -0.160. The number of likely N-dealkylation sites (tertiary alicyclic amines) is 1. The van der Waals surface area contributed by atoms with Gasteiger partial charge in [-0.2, -0.15) is 0 Å². The molecule has 0 saturated carbocycles. The number of benzene rings is 1. The first-order valence-electron chi connectivity index (χ1n) is 7.69. The van der Waals surface area contributed by atoms with Gasteiger partial charge in [0.05, 0.1) is 16.0 Å². The Hall–Kier alpha value is -1.30. The molecule has 2 rings (SSSR count). The lowest BCUT2D eigenvalue weighted by molar-refractivity contribution is -0.126. The second-order valence-electron chi connectivity index (χ2n) is 5.61. The molecule has 1 aromatic rings. The average molecular weight is 358 g/mol. The number of nitrogens with zero attached hydrogens (tertiary/aromatic N) is 1. The third-order valence-corrected chi connectivity index (χ3v) is 4.66. The highest BCUT2D eigenvalue weighted by molar-refractivity contribution is 6.42. The Labute approximate surface area is 146 Å². The Bertz CT molecular complexity index is 580. The molecule has 7 heteroatoms. The number of rotatable bonds is 5. The van der Waals surface area contributed by atoms with Crippen molar-refractivity contribution in [2.45, 2.75) is 12.8 Å². The van der Waals surface area contributed by atoms with Crippen LogP contribution in [-0.4, -0.2) is 49.9 Å². The summed E-state index contributed by atoms with van der Waals surface area (Å²) in [5.74, 6) is -0.268. The van der Waals surface area contributed by atoms with Crippen LogP contribution in [0, 0.1) is 5.92 Å². The minimum absolute atomic E-state index is 0.00638. The first kappa shape index (κ1) is 18.0. The van der Waals surface area contributed by atoms with E-state index in [1.54, 1.807) is 23.1 Å². The van der Waals surface area contributed by atoms with Crippen LogP contribution in [0.2, 0.25) is 10.0 Å². The zero-order chi connectivity index (χ0) is 16.8. The molecule has 1 aliphatic rings. The molecule has 5 nitrogen and oxygen atoms in total. The van der Waals surface area contributed by atoms with Crippen molar-refractivity contribution in [1.29, 1.82) is 0 Å². The Kier molecular flexibility index (Phi) is 6.69. The van der Waals surface area contributed by atoms with Crippen LogP contribution >= 0.6 is 23.2 Å². The molecule has 1 atom stereocenters. The zero-order valence-electron chi connectivity index (χ0n) is 13.1. The van der Waals surface area contributed by atoms with Gasteiger partial charge in [0.1, 0.15) is 0 Å². The van der Waals surface area contributed by atoms with Crippen molar-refractivity contribution in [2.24, 2.45) is 5.92 Å². The lowest BCUT2D eigenvalue weighted by atomic mass is 9.96. The van der Waals surface area contributed by atoms with Crippen molar-refractivity contribution in [3.63, 3.8) is 0 Å². The molecule has 126 valence electrons. The Morgan fingerprint density at radius 3 is 2.74 bits per heavy atom. The standard InChI is InChI=1S/C16H21Cl2N3O2/c1-19-6-7-20-15(22)12-3-2-8-21(10-12)16(23)11-4-5-13(17)14(18)9-11/h4-5,9,12,19H,2-3,6-8,10H2,1H3,(H,20,22). The highest BCUT2D eigenvalue weighted by Crippen LogP contribution is 2.25. The summed E-state index contributed by atoms with van der Waals surface area (Å²) < 4.78 is 0. The molecule has 1 aromatic carbocycles. The van der Waals surface area contributed by atoms with Gasteiger partial charge in [-0.15, -0.1) is 0 Å². The normalized spacial score (nSPS) is 17.9. The average Bonchev–Trinajstić information content (AvgIpc) is 2.57. The van der Waals surface area contributed by atoms with Crippen molar-refractivity contribution in [2.75, 3.05) is 33.2 Å². The molecule has 0 bridgehead atoms. The smallest absolute Gasteiger partial charge is 0.253 e. The van der Waals surface area contributed by atoms with Crippen LogP contribution in [-0.2, 0) is 4.79 Å². The van der Waals surface area contributed by atoms with Crippen LogP contribution < -0.4 is 10.6 Å². The van der Waals surface area contributed by atoms with Crippen molar-refractivity contribution in [1.82, 2.24) is 15.5 Å². The highest BCUT2D eigenvalue weighted by atomic mass is 35.5. The topological polar surface area (TPSA) is 61.4 Å². The van der Waals surface area contributed by atoms with Gasteiger partial charge in [-0.25, -0.2) is 0 Å². The van der Waals surface area contributed by atoms with E-state index in [1.165, 1.54) is 0 Å². The van der Waals surface area contributed by atoms with Gasteiger partial charge in [-0.05, 0) is 38.1 Å². The van der Waals surface area contributed by atoms with Gasteiger partial charge in [-0.3, -0.25) is 9.59 Å². The summed E-state index contributed by atoms with van der Waals surface area (Å²) in [5.41, 5.74) is 0.496. The molecule has 0 radical (unpaired) electrons. The number of hydrogen-bond acceptors (Lipinski definition) is 3. The second-order valence-corrected chi connectivity index (χ2v) is 6.43. The Balaban J connectivity index is 1.98. The van der Waals surface area contributed by atoms with Crippen LogP contribution in [0.5, 0.6) is 0 Å². The van der Waals surface area contributed by atoms with Gasteiger partial charge in [0.2, 0.25) is 5.91 Å². The predicted molar refractivity (Wildman–Crippen MR) is 92.0 cm³/mol. The molecule has 0 aliphatic carbocycles. The number of carbonyl (C=O) groups is 2. The SMILES string of the molecule is CNCCNC(=O)C1CCCN(C(=O)c2ccc(Cl)c(Cl)c2)C1. The molecule has 0 spiro atoms. The Morgan fingerprint density at radius 1 is 1.26 bits per heavy atom. The third kappa shape index (κ3) is 4.83. The second kappa shape index (κ2) is 8.52. The zero-order valence-corrected chi connectivity index (χ0v) is 14.6. The van der Waals surface area contributed by atoms with Crippen molar-refractivity contribution >= 4 is 35.0 Å². The number of piperidine rings is 1. The lowest BCUT2D eigenvalue weighted by Crippen LogP contribution is -2.46. The predicted octanol–water partition coefficient (Wildman–Crippen LogP) is 2.18. The quantitative estimate of drug-likeness (QED) is 0.794. The van der Waals surface area contributed by atoms with E-state index in [0.717, 1.165) is 19.4 Å². The van der Waals surface area contributed by atoms with Gasteiger partial charge in [0, 0.05) is 31.7 Å². The summed E-state index contributed by atoms with van der Waals surface area (Å²) in [6.45, 7) is 2.40.